The number of hydrogen-bond acceptors (Lipinski definition) is 4. The second-order valence-corrected chi connectivity index (χ2v) is 7.93. The third kappa shape index (κ3) is 3.50. The fourth-order valence-corrected chi connectivity index (χ4v) is 4.34. The molecule has 5 rings (SSSR count). The Labute approximate surface area is 166 Å². The summed E-state index contributed by atoms with van der Waals surface area (Å²) in [5.74, 6) is 0.910. The molecule has 28 heavy (non-hydrogen) atoms. The lowest BCUT2D eigenvalue weighted by molar-refractivity contribution is -0.0163. The molecule has 4 heteroatoms. The zero-order chi connectivity index (χ0) is 18.9. The van der Waals surface area contributed by atoms with Gasteiger partial charge in [0.25, 0.3) is 0 Å². The molecule has 1 unspecified atom stereocenters. The van der Waals surface area contributed by atoms with Gasteiger partial charge in [0.15, 0.2) is 6.79 Å². The van der Waals surface area contributed by atoms with Gasteiger partial charge in [0.2, 0.25) is 0 Å². The van der Waals surface area contributed by atoms with Gasteiger partial charge in [0.1, 0.15) is 5.75 Å². The smallest absolute Gasteiger partial charge is 0.189 e. The zero-order valence-corrected chi connectivity index (χ0v) is 16.4. The monoisotopic (exact) mass is 374 g/mol. The molecule has 0 saturated carbocycles. The highest BCUT2D eigenvalue weighted by molar-refractivity contribution is 5.82. The highest BCUT2D eigenvalue weighted by Gasteiger charge is 2.19. The van der Waals surface area contributed by atoms with Crippen molar-refractivity contribution in [3.63, 3.8) is 0 Å². The molecule has 4 nitrogen and oxygen atoms in total. The zero-order valence-electron chi connectivity index (χ0n) is 16.4. The molecule has 0 aliphatic carbocycles. The number of benzene rings is 2. The maximum atomic E-state index is 5.52. The van der Waals surface area contributed by atoms with Crippen LogP contribution in [0.4, 0.5) is 0 Å². The number of nitrogens with zero attached hydrogens (tertiary/aromatic N) is 2. The predicted octanol–water partition coefficient (Wildman–Crippen LogP) is 4.80. The van der Waals surface area contributed by atoms with Gasteiger partial charge in [-0.1, -0.05) is 12.1 Å². The van der Waals surface area contributed by atoms with Gasteiger partial charge in [-0.05, 0) is 74.7 Å². The predicted molar refractivity (Wildman–Crippen MR) is 111 cm³/mol. The van der Waals surface area contributed by atoms with Crippen LogP contribution in [-0.2, 0) is 17.8 Å². The summed E-state index contributed by atoms with van der Waals surface area (Å²) in [5, 5.41) is 1.21. The van der Waals surface area contributed by atoms with E-state index >= 15 is 0 Å². The van der Waals surface area contributed by atoms with E-state index in [9.17, 15) is 0 Å². The first-order chi connectivity index (χ1) is 13.8. The summed E-state index contributed by atoms with van der Waals surface area (Å²) in [5.41, 5.74) is 5.60. The summed E-state index contributed by atoms with van der Waals surface area (Å²) < 4.78 is 10.9. The summed E-state index contributed by atoms with van der Waals surface area (Å²) in [6, 6.07) is 17.9. The van der Waals surface area contributed by atoms with Crippen LogP contribution in [-0.4, -0.2) is 35.8 Å². The minimum Gasteiger partial charge on any atom is -0.467 e. The first-order valence-electron chi connectivity index (χ1n) is 10.2. The van der Waals surface area contributed by atoms with E-state index < -0.39 is 0 Å². The van der Waals surface area contributed by atoms with Crippen molar-refractivity contribution in [1.29, 1.82) is 0 Å². The molecule has 0 bridgehead atoms. The van der Waals surface area contributed by atoms with Gasteiger partial charge >= 0.3 is 0 Å². The molecule has 0 amide bonds. The van der Waals surface area contributed by atoms with Crippen molar-refractivity contribution < 1.29 is 9.47 Å². The molecule has 2 aromatic carbocycles. The molecule has 0 spiro atoms. The normalized spacial score (nSPS) is 19.5. The van der Waals surface area contributed by atoms with Crippen LogP contribution in [0.25, 0.3) is 22.2 Å². The Hall–Kier alpha value is -2.43. The number of likely N-dealkylation sites (tertiary alicyclic amines) is 1. The van der Waals surface area contributed by atoms with E-state index in [2.05, 4.69) is 54.3 Å². The number of rotatable bonds is 4. The quantitative estimate of drug-likeness (QED) is 0.657. The van der Waals surface area contributed by atoms with Crippen LogP contribution in [0.5, 0.6) is 5.75 Å². The molecule has 3 aromatic rings. The van der Waals surface area contributed by atoms with E-state index in [4.69, 9.17) is 14.5 Å². The average molecular weight is 374 g/mol. The van der Waals surface area contributed by atoms with Crippen LogP contribution in [0.1, 0.15) is 30.9 Å². The van der Waals surface area contributed by atoms with Gasteiger partial charge in [0.05, 0.1) is 17.8 Å². The largest absolute Gasteiger partial charge is 0.467 e. The number of ether oxygens (including phenoxy) is 2. The fourth-order valence-electron chi connectivity index (χ4n) is 4.34. The third-order valence-electron chi connectivity index (χ3n) is 6.04. The topological polar surface area (TPSA) is 34.6 Å². The lowest BCUT2D eigenvalue weighted by Gasteiger charge is -2.20. The summed E-state index contributed by atoms with van der Waals surface area (Å²) in [6.07, 6.45) is 3.78. The maximum Gasteiger partial charge on any atom is 0.189 e. The molecule has 144 valence electrons. The van der Waals surface area contributed by atoms with Gasteiger partial charge in [-0.2, -0.15) is 0 Å². The molecule has 1 aromatic heterocycles. The number of aromatic nitrogens is 1. The van der Waals surface area contributed by atoms with E-state index in [-0.39, 0.29) is 0 Å². The highest BCUT2D eigenvalue weighted by atomic mass is 16.7. The molecule has 1 atom stereocenters. The van der Waals surface area contributed by atoms with Crippen molar-refractivity contribution in [2.24, 2.45) is 0 Å². The van der Waals surface area contributed by atoms with Gasteiger partial charge in [-0.25, -0.2) is 4.98 Å². The molecule has 3 heterocycles. The second-order valence-electron chi connectivity index (χ2n) is 7.93. The average Bonchev–Trinajstić information content (AvgIpc) is 3.16. The van der Waals surface area contributed by atoms with Crippen molar-refractivity contribution in [3.8, 4) is 17.0 Å². The van der Waals surface area contributed by atoms with Gasteiger partial charge < -0.3 is 14.4 Å². The summed E-state index contributed by atoms with van der Waals surface area (Å²) in [4.78, 5) is 7.50. The Balaban J connectivity index is 1.36. The molecule has 2 aliphatic heterocycles. The van der Waals surface area contributed by atoms with Crippen LogP contribution < -0.4 is 4.74 Å². The summed E-state index contributed by atoms with van der Waals surface area (Å²) >= 11 is 0. The van der Waals surface area contributed by atoms with E-state index in [0.717, 1.165) is 47.1 Å². The number of pyridine rings is 1. The molecular formula is C24H26N2O2. The first-order valence-corrected chi connectivity index (χ1v) is 10.2. The lowest BCUT2D eigenvalue weighted by Crippen LogP contribution is -2.28. The number of fused-ring (bicyclic) bond motifs is 2. The van der Waals surface area contributed by atoms with Gasteiger partial charge in [0, 0.05) is 29.1 Å². The van der Waals surface area contributed by atoms with E-state index in [0.29, 0.717) is 13.4 Å². The second kappa shape index (κ2) is 7.53. The lowest BCUT2D eigenvalue weighted by atomic mass is 10.0. The minimum absolute atomic E-state index is 0.333. The maximum absolute atomic E-state index is 5.52. The van der Waals surface area contributed by atoms with E-state index in [1.807, 2.05) is 6.07 Å². The Kier molecular flexibility index (Phi) is 4.75. The Morgan fingerprint density at radius 2 is 2.07 bits per heavy atom. The van der Waals surface area contributed by atoms with Crippen molar-refractivity contribution in [1.82, 2.24) is 9.88 Å². The molecule has 0 N–H and O–H groups in total. The molecule has 1 fully saturated rings. The first kappa shape index (κ1) is 17.7. The van der Waals surface area contributed by atoms with E-state index in [1.165, 1.54) is 30.3 Å². The van der Waals surface area contributed by atoms with Crippen molar-refractivity contribution >= 4 is 10.9 Å². The fraction of sp³-hybridized carbons (Fsp3) is 0.375. The van der Waals surface area contributed by atoms with Gasteiger partial charge in [-0.3, -0.25) is 0 Å². The third-order valence-corrected chi connectivity index (χ3v) is 6.04. The molecule has 1 saturated heterocycles. The van der Waals surface area contributed by atoms with Crippen molar-refractivity contribution in [2.75, 3.05) is 19.9 Å². The van der Waals surface area contributed by atoms with Crippen LogP contribution in [0, 0.1) is 0 Å². The van der Waals surface area contributed by atoms with Crippen molar-refractivity contribution in [3.05, 3.63) is 59.7 Å². The highest BCUT2D eigenvalue weighted by Crippen LogP contribution is 2.29. The van der Waals surface area contributed by atoms with Gasteiger partial charge in [-0.15, -0.1) is 0 Å². The van der Waals surface area contributed by atoms with Crippen LogP contribution in [0.2, 0.25) is 0 Å². The standard InChI is InChI=1S/C24H26N2O2/c1-17-3-2-11-26(17)12-10-18-4-7-22-19(13-18)5-8-23(25-22)20-6-9-24-21(14-20)15-27-16-28-24/h4-9,13-14,17H,2-3,10-12,15-16H2,1H3. The molecular weight excluding hydrogens is 348 g/mol. The molecule has 0 radical (unpaired) electrons. The van der Waals surface area contributed by atoms with Crippen LogP contribution in [0.15, 0.2) is 48.5 Å². The van der Waals surface area contributed by atoms with Crippen LogP contribution >= 0.6 is 0 Å². The summed E-state index contributed by atoms with van der Waals surface area (Å²) in [7, 11) is 0. The Bertz CT molecular complexity index is 1000. The minimum atomic E-state index is 0.333. The Morgan fingerprint density at radius 3 is 2.96 bits per heavy atom. The number of hydrogen-bond donors (Lipinski definition) is 0. The SMILES string of the molecule is CC1CCCN1CCc1ccc2nc(-c3ccc4c(c3)COCO4)ccc2c1. The Morgan fingerprint density at radius 1 is 1.11 bits per heavy atom. The molecule has 2 aliphatic rings. The van der Waals surface area contributed by atoms with Crippen LogP contribution in [0.3, 0.4) is 0 Å². The summed E-state index contributed by atoms with van der Waals surface area (Å²) in [6.45, 7) is 5.67. The van der Waals surface area contributed by atoms with E-state index in [1.54, 1.807) is 0 Å². The van der Waals surface area contributed by atoms with Crippen molar-refractivity contribution in [2.45, 2.75) is 38.8 Å².